The van der Waals surface area contributed by atoms with Crippen LogP contribution in [-0.4, -0.2) is 29.6 Å². The molecule has 6 heteroatoms. The molecule has 0 aromatic heterocycles. The molecule has 1 aliphatic rings. The fourth-order valence-corrected chi connectivity index (χ4v) is 2.57. The van der Waals surface area contributed by atoms with Crippen molar-refractivity contribution in [2.24, 2.45) is 10.8 Å². The Balaban J connectivity index is 2.36. The Morgan fingerprint density at radius 1 is 1.14 bits per heavy atom. The number of aliphatic carboxylic acids is 1. The van der Waals surface area contributed by atoms with E-state index in [0.717, 1.165) is 12.8 Å². The molecule has 0 saturated heterocycles. The van der Waals surface area contributed by atoms with E-state index in [1.165, 1.54) is 33.1 Å². The van der Waals surface area contributed by atoms with Gasteiger partial charge in [0.25, 0.3) is 0 Å². The molecular formula is C15H26N2O4. The Hall–Kier alpha value is -1.59. The highest BCUT2D eigenvalue weighted by atomic mass is 16.4. The molecule has 0 aromatic rings. The van der Waals surface area contributed by atoms with Crippen LogP contribution in [0.3, 0.4) is 0 Å². The number of carboxylic acids is 1. The third kappa shape index (κ3) is 5.73. The number of carbonyl (C=O) groups excluding carboxylic acids is 2. The first-order chi connectivity index (χ1) is 9.65. The van der Waals surface area contributed by atoms with Crippen LogP contribution < -0.4 is 10.6 Å². The molecule has 3 N–H and O–H groups in total. The minimum absolute atomic E-state index is 0.0962. The Morgan fingerprint density at radius 3 is 2.24 bits per heavy atom. The molecule has 0 radical (unpaired) electrons. The molecule has 0 bridgehead atoms. The minimum Gasteiger partial charge on any atom is -0.481 e. The Morgan fingerprint density at radius 2 is 1.71 bits per heavy atom. The molecule has 1 saturated carbocycles. The van der Waals surface area contributed by atoms with Crippen LogP contribution in [0.15, 0.2) is 0 Å². The molecule has 0 aromatic carbocycles. The number of rotatable bonds is 5. The zero-order valence-corrected chi connectivity index (χ0v) is 13.1. The van der Waals surface area contributed by atoms with Crippen molar-refractivity contribution >= 4 is 17.9 Å². The predicted molar refractivity (Wildman–Crippen MR) is 78.8 cm³/mol. The molecule has 0 aliphatic heterocycles. The summed E-state index contributed by atoms with van der Waals surface area (Å²) in [5.41, 5.74) is -1.08. The number of carbonyl (C=O) groups is 3. The lowest BCUT2D eigenvalue weighted by Gasteiger charge is -2.33. The van der Waals surface area contributed by atoms with E-state index in [-0.39, 0.29) is 11.8 Å². The van der Waals surface area contributed by atoms with Gasteiger partial charge in [-0.25, -0.2) is 4.79 Å². The smallest absolute Gasteiger partial charge is 0.321 e. The van der Waals surface area contributed by atoms with E-state index in [9.17, 15) is 14.4 Å². The van der Waals surface area contributed by atoms with Crippen LogP contribution in [0.5, 0.6) is 0 Å². The maximum Gasteiger partial charge on any atom is 0.321 e. The van der Waals surface area contributed by atoms with Gasteiger partial charge in [0.1, 0.15) is 0 Å². The Kier molecular flexibility index (Phi) is 5.75. The van der Waals surface area contributed by atoms with Gasteiger partial charge >= 0.3 is 12.0 Å². The van der Waals surface area contributed by atoms with E-state index in [1.807, 2.05) is 0 Å². The molecule has 3 amide bonds. The highest BCUT2D eigenvalue weighted by Gasteiger charge is 2.31. The number of hydrogen-bond donors (Lipinski definition) is 3. The number of hydrogen-bond acceptors (Lipinski definition) is 3. The topological polar surface area (TPSA) is 95.5 Å². The van der Waals surface area contributed by atoms with Crippen molar-refractivity contribution in [3.8, 4) is 0 Å². The lowest BCUT2D eigenvalue weighted by Crippen LogP contribution is -2.45. The first-order valence-electron chi connectivity index (χ1n) is 7.46. The first-order valence-corrected chi connectivity index (χ1v) is 7.46. The highest BCUT2D eigenvalue weighted by Crippen LogP contribution is 2.34. The molecular weight excluding hydrogens is 272 g/mol. The van der Waals surface area contributed by atoms with Crippen molar-refractivity contribution in [1.29, 1.82) is 0 Å². The summed E-state index contributed by atoms with van der Waals surface area (Å²) in [4.78, 5) is 34.3. The summed E-state index contributed by atoms with van der Waals surface area (Å²) in [7, 11) is 0. The number of carboxylic acid groups (broad SMARTS) is 1. The summed E-state index contributed by atoms with van der Waals surface area (Å²) in [6, 6.07) is -0.548. The summed E-state index contributed by atoms with van der Waals surface area (Å²) >= 11 is 0. The molecule has 1 rings (SSSR count). The SMILES string of the molecule is CC1(CNC(=O)NC(=O)CC(C)(C)C(=O)O)CCCCC1. The monoisotopic (exact) mass is 298 g/mol. The van der Waals surface area contributed by atoms with Crippen molar-refractivity contribution in [1.82, 2.24) is 10.6 Å². The summed E-state index contributed by atoms with van der Waals surface area (Å²) in [5.74, 6) is -1.64. The second-order valence-electron chi connectivity index (χ2n) is 6.97. The maximum atomic E-state index is 11.7. The number of urea groups is 1. The lowest BCUT2D eigenvalue weighted by atomic mass is 9.76. The summed E-state index contributed by atoms with van der Waals surface area (Å²) < 4.78 is 0. The number of imide groups is 1. The molecule has 120 valence electrons. The summed E-state index contributed by atoms with van der Waals surface area (Å²) in [6.45, 7) is 5.59. The third-order valence-electron chi connectivity index (χ3n) is 4.17. The van der Waals surface area contributed by atoms with Crippen LogP contribution in [0, 0.1) is 10.8 Å². The van der Waals surface area contributed by atoms with Gasteiger partial charge in [-0.2, -0.15) is 0 Å². The number of amides is 3. The molecule has 0 heterocycles. The van der Waals surface area contributed by atoms with Gasteiger partial charge in [0.15, 0.2) is 0 Å². The van der Waals surface area contributed by atoms with E-state index in [4.69, 9.17) is 5.11 Å². The van der Waals surface area contributed by atoms with E-state index in [2.05, 4.69) is 17.6 Å². The van der Waals surface area contributed by atoms with Crippen LogP contribution in [-0.2, 0) is 9.59 Å². The van der Waals surface area contributed by atoms with Crippen molar-refractivity contribution in [3.05, 3.63) is 0 Å². The Labute approximate surface area is 125 Å². The van der Waals surface area contributed by atoms with Gasteiger partial charge in [-0.05, 0) is 32.1 Å². The fourth-order valence-electron chi connectivity index (χ4n) is 2.57. The maximum absolute atomic E-state index is 11.7. The van der Waals surface area contributed by atoms with Gasteiger partial charge in [0, 0.05) is 13.0 Å². The highest BCUT2D eigenvalue weighted by molar-refractivity contribution is 5.96. The van der Waals surface area contributed by atoms with E-state index < -0.39 is 23.3 Å². The van der Waals surface area contributed by atoms with Gasteiger partial charge in [-0.15, -0.1) is 0 Å². The first kappa shape index (κ1) is 17.5. The molecule has 1 aliphatic carbocycles. The molecule has 0 unspecified atom stereocenters. The minimum atomic E-state index is -1.18. The predicted octanol–water partition coefficient (Wildman–Crippen LogP) is 2.28. The zero-order valence-electron chi connectivity index (χ0n) is 13.1. The van der Waals surface area contributed by atoms with Crippen molar-refractivity contribution in [2.75, 3.05) is 6.54 Å². The third-order valence-corrected chi connectivity index (χ3v) is 4.17. The average molecular weight is 298 g/mol. The van der Waals surface area contributed by atoms with Crippen LogP contribution in [0.2, 0.25) is 0 Å². The van der Waals surface area contributed by atoms with Crippen LogP contribution in [0.25, 0.3) is 0 Å². The second-order valence-corrected chi connectivity index (χ2v) is 6.97. The van der Waals surface area contributed by atoms with Gasteiger partial charge in [0.2, 0.25) is 5.91 Å². The van der Waals surface area contributed by atoms with Crippen molar-refractivity contribution in [2.45, 2.75) is 59.3 Å². The van der Waals surface area contributed by atoms with Gasteiger partial charge < -0.3 is 10.4 Å². The van der Waals surface area contributed by atoms with E-state index >= 15 is 0 Å². The summed E-state index contributed by atoms with van der Waals surface area (Å²) in [6.07, 6.45) is 5.51. The molecule has 21 heavy (non-hydrogen) atoms. The zero-order chi connectivity index (χ0) is 16.1. The van der Waals surface area contributed by atoms with Crippen LogP contribution in [0.1, 0.15) is 59.3 Å². The van der Waals surface area contributed by atoms with Crippen molar-refractivity contribution < 1.29 is 19.5 Å². The standard InChI is InChI=1S/C15H26N2O4/c1-14(2,12(19)20)9-11(18)17-13(21)16-10-15(3)7-5-4-6-8-15/h4-10H2,1-3H3,(H,19,20)(H2,16,17,18,21). The van der Waals surface area contributed by atoms with Gasteiger partial charge in [0.05, 0.1) is 5.41 Å². The normalized spacial score (nSPS) is 17.9. The average Bonchev–Trinajstić information content (AvgIpc) is 2.36. The Bertz CT molecular complexity index is 412. The van der Waals surface area contributed by atoms with E-state index in [1.54, 1.807) is 0 Å². The fraction of sp³-hybridized carbons (Fsp3) is 0.800. The quantitative estimate of drug-likeness (QED) is 0.725. The largest absolute Gasteiger partial charge is 0.481 e. The second kappa shape index (κ2) is 6.91. The van der Waals surface area contributed by atoms with Gasteiger partial charge in [-0.3, -0.25) is 14.9 Å². The number of nitrogens with one attached hydrogen (secondary N) is 2. The lowest BCUT2D eigenvalue weighted by molar-refractivity contribution is -0.149. The van der Waals surface area contributed by atoms with Crippen molar-refractivity contribution in [3.63, 3.8) is 0 Å². The van der Waals surface area contributed by atoms with Crippen LogP contribution >= 0.6 is 0 Å². The molecule has 6 nitrogen and oxygen atoms in total. The molecule has 0 spiro atoms. The summed E-state index contributed by atoms with van der Waals surface area (Å²) in [5, 5.41) is 13.9. The van der Waals surface area contributed by atoms with E-state index in [0.29, 0.717) is 6.54 Å². The molecule has 0 atom stereocenters. The van der Waals surface area contributed by atoms with Crippen LogP contribution in [0.4, 0.5) is 4.79 Å². The molecule has 1 fully saturated rings. The van der Waals surface area contributed by atoms with Gasteiger partial charge in [-0.1, -0.05) is 26.2 Å².